The Balaban J connectivity index is 0.000000177. The number of fused-ring (bicyclic) bond motifs is 6. The van der Waals surface area contributed by atoms with E-state index in [-0.39, 0.29) is 37.7 Å². The predicted octanol–water partition coefficient (Wildman–Crippen LogP) is 16.2. The molecule has 0 amide bonds. The number of unbranched alkanes of at least 4 members (excludes halogenated alkanes) is 1. The second kappa shape index (κ2) is 31.9. The van der Waals surface area contributed by atoms with Crippen LogP contribution in [0.1, 0.15) is 42.0 Å². The molecule has 4 heterocycles. The second-order valence-corrected chi connectivity index (χ2v) is 21.9. The molecule has 0 aliphatic rings. The molecule has 0 N–H and O–H groups in total. The molecule has 0 atom stereocenters. The number of halogens is 1. The summed E-state index contributed by atoms with van der Waals surface area (Å²) in [6.07, 6.45) is 6.03. The van der Waals surface area contributed by atoms with Gasteiger partial charge in [0, 0.05) is 48.6 Å². The van der Waals surface area contributed by atoms with Crippen LogP contribution in [0, 0.1) is 44.3 Å². The number of nitrogens with zero attached hydrogens (tertiary/aromatic N) is 4. The van der Waals surface area contributed by atoms with Gasteiger partial charge in [-0.05, 0) is 135 Å². The summed E-state index contributed by atoms with van der Waals surface area (Å²) >= 11 is 2.32. The molecule has 0 aliphatic carbocycles. The third kappa shape index (κ3) is 15.9. The summed E-state index contributed by atoms with van der Waals surface area (Å²) in [7, 11) is 0. The van der Waals surface area contributed by atoms with E-state index in [9.17, 15) is 0 Å². The number of aryl methyl sites for hydroxylation is 4. The van der Waals surface area contributed by atoms with Crippen molar-refractivity contribution in [2.45, 2.75) is 47.5 Å². The SMILES string of the molecule is Cc1[c-]cccc1.Cc1ccccc1-c1cc(-c2ccccc2)c2ccc3c(-c4ccccc4)cc(-c4ccccc4C)nc3c2n1.Cc1ccccc1I.[CH2-]CCC.[Li+].[Li+].c1ccc(-c2ccnc3c2ccc2c(-c4ccccc4)ccnc23)cc1. The normalized spacial score (nSPS) is 10.4. The van der Waals surface area contributed by atoms with Crippen molar-refractivity contribution in [2.75, 3.05) is 0 Å². The van der Waals surface area contributed by atoms with Gasteiger partial charge in [0.2, 0.25) is 0 Å². The first-order chi connectivity index (χ1) is 41.7. The number of hydrogen-bond donors (Lipinski definition) is 0. The molecule has 416 valence electrons. The second-order valence-electron chi connectivity index (χ2n) is 20.8. The molecule has 0 aliphatic heterocycles. The summed E-state index contributed by atoms with van der Waals surface area (Å²) in [5, 5.41) is 4.46. The molecule has 4 aromatic heterocycles. The zero-order valence-corrected chi connectivity index (χ0v) is 53.0. The standard InChI is InChI=1S/C38H28N2.C24H16N2.C7H7I.C7H7.C4H9.2Li/c1-25-13-9-11-19-29(25)35-23-33(27-15-5-3-6-16-27)31-21-22-32-34(28-17-7-4-8-18-28)24-36(40-38(32)37(31)39-35)30-20-12-10-14-26(30)2;1-3-7-17(8-4-1)19-13-15-25-23-21(19)11-12-22-20(14-16-26-24(22)23)18-9-5-2-6-10-18;1-6-4-2-3-5-7(6)8;1-7-5-3-2-4-6-7;1-3-4-2;;/h3-24H,1-2H3;1-16H;2-5H,1H3;2-5H,1H3;1,3-4H2,2H3;;/q;;;2*-1;2*+1. The van der Waals surface area contributed by atoms with E-state index in [0.29, 0.717) is 0 Å². The van der Waals surface area contributed by atoms with E-state index in [0.717, 1.165) is 83.7 Å². The molecule has 14 rings (SSSR count). The van der Waals surface area contributed by atoms with Gasteiger partial charge in [-0.3, -0.25) is 9.97 Å². The first-order valence-corrected chi connectivity index (χ1v) is 30.0. The first-order valence-electron chi connectivity index (χ1n) is 28.9. The van der Waals surface area contributed by atoms with Gasteiger partial charge in [0.1, 0.15) is 0 Å². The number of hydrogen-bond acceptors (Lipinski definition) is 4. The molecule has 0 fully saturated rings. The Labute approximate surface area is 551 Å². The summed E-state index contributed by atoms with van der Waals surface area (Å²) in [6.45, 7) is 14.2. The van der Waals surface area contributed by atoms with Crippen LogP contribution in [0.25, 0.3) is 111 Å². The third-order valence-corrected chi connectivity index (χ3v) is 16.1. The minimum atomic E-state index is 0. The third-order valence-electron chi connectivity index (χ3n) is 14.9. The van der Waals surface area contributed by atoms with Crippen LogP contribution in [-0.2, 0) is 0 Å². The monoisotopic (exact) mass is 1220 g/mol. The van der Waals surface area contributed by atoms with Gasteiger partial charge in [0.05, 0.1) is 33.5 Å². The van der Waals surface area contributed by atoms with Gasteiger partial charge in [-0.1, -0.05) is 233 Å². The quantitative estimate of drug-likeness (QED) is 0.0691. The predicted molar refractivity (Wildman–Crippen MR) is 370 cm³/mol. The van der Waals surface area contributed by atoms with Crippen molar-refractivity contribution in [1.29, 1.82) is 0 Å². The number of rotatable bonds is 7. The summed E-state index contributed by atoms with van der Waals surface area (Å²) in [5.41, 5.74) is 22.3. The van der Waals surface area contributed by atoms with Crippen LogP contribution in [0.4, 0.5) is 0 Å². The van der Waals surface area contributed by atoms with E-state index >= 15 is 0 Å². The molecular weight excluding hydrogens is 1160 g/mol. The van der Waals surface area contributed by atoms with E-state index < -0.39 is 0 Å². The van der Waals surface area contributed by atoms with Crippen LogP contribution in [0.5, 0.6) is 0 Å². The number of benzene rings is 10. The van der Waals surface area contributed by atoms with Crippen LogP contribution in [0.2, 0.25) is 0 Å². The molecule has 0 saturated heterocycles. The summed E-state index contributed by atoms with van der Waals surface area (Å²) in [5.74, 6) is 0. The molecule has 10 aromatic carbocycles. The Bertz CT molecular complexity index is 4220. The molecule has 0 radical (unpaired) electrons. The van der Waals surface area contributed by atoms with E-state index in [2.05, 4.69) is 304 Å². The molecule has 4 nitrogen and oxygen atoms in total. The van der Waals surface area contributed by atoms with Gasteiger partial charge in [-0.2, -0.15) is 42.3 Å². The van der Waals surface area contributed by atoms with Crippen molar-refractivity contribution in [1.82, 2.24) is 19.9 Å². The Morgan fingerprint density at radius 3 is 1.00 bits per heavy atom. The average Bonchev–Trinajstić information content (AvgIpc) is 1.16. The van der Waals surface area contributed by atoms with Crippen LogP contribution in [0.15, 0.2) is 279 Å². The fourth-order valence-corrected chi connectivity index (χ4v) is 10.7. The smallest absolute Gasteiger partial charge is 0.343 e. The van der Waals surface area contributed by atoms with Gasteiger partial charge >= 0.3 is 37.7 Å². The van der Waals surface area contributed by atoms with E-state index in [4.69, 9.17) is 9.97 Å². The molecule has 0 unspecified atom stereocenters. The van der Waals surface area contributed by atoms with Crippen LogP contribution in [-0.4, -0.2) is 19.9 Å². The minimum Gasteiger partial charge on any atom is -0.343 e. The molecule has 7 heteroatoms. The van der Waals surface area contributed by atoms with Crippen molar-refractivity contribution in [2.24, 2.45) is 0 Å². The fraction of sp³-hybridized carbons (Fsp3) is 0.0875. The Morgan fingerprint density at radius 1 is 0.356 bits per heavy atom. The maximum atomic E-state index is 5.35. The Kier molecular flexibility index (Phi) is 23.8. The van der Waals surface area contributed by atoms with Crippen LogP contribution in [0.3, 0.4) is 0 Å². The van der Waals surface area contributed by atoms with Gasteiger partial charge < -0.3 is 6.92 Å². The minimum absolute atomic E-state index is 0. The number of pyridine rings is 4. The molecule has 0 saturated carbocycles. The zero-order valence-electron chi connectivity index (χ0n) is 50.8. The summed E-state index contributed by atoms with van der Waals surface area (Å²) in [6, 6.07) is 95.6. The molecule has 0 spiro atoms. The molecule has 87 heavy (non-hydrogen) atoms. The maximum Gasteiger partial charge on any atom is 1.00 e. The Hall–Kier alpha value is -8.24. The first kappa shape index (κ1) is 64.8. The van der Waals surface area contributed by atoms with Gasteiger partial charge in [-0.25, -0.2) is 9.97 Å². The topological polar surface area (TPSA) is 51.6 Å². The van der Waals surface area contributed by atoms with Gasteiger partial charge in [-0.15, -0.1) is 0 Å². The maximum absolute atomic E-state index is 5.35. The zero-order chi connectivity index (χ0) is 58.9. The molecule has 0 bridgehead atoms. The summed E-state index contributed by atoms with van der Waals surface area (Å²) < 4.78 is 1.34. The van der Waals surface area contributed by atoms with Gasteiger partial charge in [0.15, 0.2) is 0 Å². The molecular formula is C80H67ILi2N4. The van der Waals surface area contributed by atoms with E-state index in [1.807, 2.05) is 55.7 Å². The van der Waals surface area contributed by atoms with Crippen molar-refractivity contribution < 1.29 is 37.7 Å². The van der Waals surface area contributed by atoms with Crippen molar-refractivity contribution in [3.8, 4) is 67.0 Å². The fourth-order valence-electron chi connectivity index (χ4n) is 10.3. The Morgan fingerprint density at radius 2 is 0.690 bits per heavy atom. The van der Waals surface area contributed by atoms with Gasteiger partial charge in [0.25, 0.3) is 0 Å². The van der Waals surface area contributed by atoms with E-state index in [1.165, 1.54) is 65.6 Å². The van der Waals surface area contributed by atoms with Crippen molar-refractivity contribution in [3.05, 3.63) is 318 Å². The molecule has 14 aromatic rings. The number of aromatic nitrogens is 4. The van der Waals surface area contributed by atoms with E-state index in [1.54, 1.807) is 0 Å². The summed E-state index contributed by atoms with van der Waals surface area (Å²) in [4.78, 5) is 20.0. The van der Waals surface area contributed by atoms with Crippen LogP contribution >= 0.6 is 22.6 Å². The van der Waals surface area contributed by atoms with Crippen LogP contribution < -0.4 is 37.7 Å². The average molecular weight is 1230 g/mol. The van der Waals surface area contributed by atoms with Crippen molar-refractivity contribution in [3.63, 3.8) is 0 Å². The largest absolute Gasteiger partial charge is 1.00 e. The van der Waals surface area contributed by atoms with Crippen molar-refractivity contribution >= 4 is 66.2 Å².